The number of ether oxygens (including phenoxy) is 1. The van der Waals surface area contributed by atoms with Gasteiger partial charge in [0.25, 0.3) is 0 Å². The van der Waals surface area contributed by atoms with Crippen molar-refractivity contribution in [3.8, 4) is 5.75 Å². The second-order valence-corrected chi connectivity index (χ2v) is 7.15. The first-order valence-electron chi connectivity index (χ1n) is 8.94. The predicted molar refractivity (Wildman–Crippen MR) is 112 cm³/mol. The van der Waals surface area contributed by atoms with Gasteiger partial charge in [0, 0.05) is 22.9 Å². The Hall–Kier alpha value is -2.60. The lowest BCUT2D eigenvalue weighted by atomic mass is 10.2. The molecule has 0 fully saturated rings. The molecule has 3 rings (SSSR count). The molecule has 0 saturated carbocycles. The molecule has 1 aromatic carbocycles. The molecule has 2 heterocycles. The Balaban J connectivity index is 0.000000720. The summed E-state index contributed by atoms with van der Waals surface area (Å²) in [5.41, 5.74) is 2.28. The van der Waals surface area contributed by atoms with Crippen molar-refractivity contribution in [1.29, 1.82) is 0 Å². The van der Waals surface area contributed by atoms with Crippen molar-refractivity contribution in [1.82, 2.24) is 15.0 Å². The molecule has 0 amide bonds. The molecule has 0 bridgehead atoms. The van der Waals surface area contributed by atoms with E-state index in [9.17, 15) is 17.7 Å². The standard InChI is InChI=1S/C16H14F3N3O2S.C2H6O2.C2H4/c1-10-13(20-7-6-14(10)24-9-16(17,18)19)8-25(23)15-21-11-4-2-3-5-12(11)22-15;3-1-2-4;1-2/h2-7H,8-9H2,1H3,(H,21,22);3-4H,1-2H2;1-2H2. The molecule has 0 aliphatic carbocycles. The Bertz CT molecular complexity index is 902. The number of nitrogens with zero attached hydrogens (tertiary/aromatic N) is 2. The Kier molecular flexibility index (Phi) is 11.0. The van der Waals surface area contributed by atoms with E-state index in [0.29, 0.717) is 21.9 Å². The van der Waals surface area contributed by atoms with E-state index in [-0.39, 0.29) is 24.7 Å². The molecule has 3 aromatic rings. The molecule has 1 unspecified atom stereocenters. The number of aromatic nitrogens is 3. The van der Waals surface area contributed by atoms with Gasteiger partial charge in [-0.15, -0.1) is 13.2 Å². The van der Waals surface area contributed by atoms with E-state index >= 15 is 0 Å². The summed E-state index contributed by atoms with van der Waals surface area (Å²) in [5.74, 6) is 0.0958. The molecule has 170 valence electrons. The monoisotopic (exact) mass is 459 g/mol. The largest absolute Gasteiger partial charge is 0.609 e. The molecule has 1 atom stereocenters. The zero-order valence-electron chi connectivity index (χ0n) is 16.9. The van der Waals surface area contributed by atoms with Gasteiger partial charge in [0.05, 0.1) is 29.9 Å². The molecule has 7 nitrogen and oxygen atoms in total. The molecular weight excluding hydrogens is 435 g/mol. The maximum atomic E-state index is 12.5. The summed E-state index contributed by atoms with van der Waals surface area (Å²) in [4.78, 5) is 11.3. The van der Waals surface area contributed by atoms with Gasteiger partial charge in [-0.3, -0.25) is 9.97 Å². The summed E-state index contributed by atoms with van der Waals surface area (Å²) in [6.45, 7) is 5.95. The summed E-state index contributed by atoms with van der Waals surface area (Å²) >= 11 is -1.51. The quantitative estimate of drug-likeness (QED) is 0.385. The van der Waals surface area contributed by atoms with Gasteiger partial charge in [0.2, 0.25) is 0 Å². The fraction of sp³-hybridized carbons (Fsp3) is 0.300. The van der Waals surface area contributed by atoms with Crippen molar-refractivity contribution in [2.75, 3.05) is 19.8 Å². The SMILES string of the molecule is C=C.Cc1c(OCC(F)(F)F)ccnc1C[S+]([O-])c1nc2ccccc2[nH]1.OCCO. The number of pyridine rings is 1. The second kappa shape index (κ2) is 13.0. The van der Waals surface area contributed by atoms with E-state index in [1.54, 1.807) is 13.0 Å². The van der Waals surface area contributed by atoms with Gasteiger partial charge in [-0.25, -0.2) is 0 Å². The topological polar surface area (TPSA) is 114 Å². The van der Waals surface area contributed by atoms with Crippen molar-refractivity contribution in [3.05, 3.63) is 60.9 Å². The summed E-state index contributed by atoms with van der Waals surface area (Å²) < 4.78 is 54.2. The van der Waals surface area contributed by atoms with Crippen LogP contribution in [0.2, 0.25) is 0 Å². The molecule has 3 N–H and O–H groups in total. The highest BCUT2D eigenvalue weighted by atomic mass is 32.2. The lowest BCUT2D eigenvalue weighted by Crippen LogP contribution is -2.20. The van der Waals surface area contributed by atoms with Crippen LogP contribution in [0.4, 0.5) is 13.2 Å². The summed E-state index contributed by atoms with van der Waals surface area (Å²) in [6.07, 6.45) is -3.09. The fourth-order valence-electron chi connectivity index (χ4n) is 2.25. The van der Waals surface area contributed by atoms with E-state index < -0.39 is 24.0 Å². The van der Waals surface area contributed by atoms with Crippen LogP contribution in [0.25, 0.3) is 11.0 Å². The van der Waals surface area contributed by atoms with Crippen LogP contribution in [-0.4, -0.2) is 55.7 Å². The number of rotatable bonds is 6. The molecule has 0 aliphatic heterocycles. The number of aromatic amines is 1. The molecule has 0 saturated heterocycles. The maximum absolute atomic E-state index is 12.5. The third-order valence-electron chi connectivity index (χ3n) is 3.60. The van der Waals surface area contributed by atoms with Crippen molar-refractivity contribution in [2.45, 2.75) is 24.0 Å². The van der Waals surface area contributed by atoms with E-state index in [0.717, 1.165) is 5.52 Å². The number of fused-ring (bicyclic) bond motifs is 1. The number of hydrogen-bond acceptors (Lipinski definition) is 6. The first kappa shape index (κ1) is 26.4. The maximum Gasteiger partial charge on any atom is 0.422 e. The summed E-state index contributed by atoms with van der Waals surface area (Å²) in [6, 6.07) is 8.62. The van der Waals surface area contributed by atoms with Crippen LogP contribution < -0.4 is 4.74 Å². The zero-order valence-corrected chi connectivity index (χ0v) is 17.7. The molecular formula is C20H24F3N3O4S. The average Bonchev–Trinajstić information content (AvgIpc) is 3.20. The molecule has 2 aromatic heterocycles. The summed E-state index contributed by atoms with van der Waals surface area (Å²) in [5, 5.41) is 15.5. The number of hydrogen-bond donors (Lipinski definition) is 3. The highest BCUT2D eigenvalue weighted by Gasteiger charge is 2.29. The highest BCUT2D eigenvalue weighted by molar-refractivity contribution is 7.90. The van der Waals surface area contributed by atoms with Crippen molar-refractivity contribution in [3.63, 3.8) is 0 Å². The van der Waals surface area contributed by atoms with E-state index in [4.69, 9.17) is 14.9 Å². The number of benzene rings is 1. The number of nitrogens with one attached hydrogen (secondary N) is 1. The van der Waals surface area contributed by atoms with Gasteiger partial charge >= 0.3 is 11.3 Å². The molecule has 0 spiro atoms. The van der Waals surface area contributed by atoms with Crippen LogP contribution >= 0.6 is 0 Å². The number of imidazole rings is 1. The number of alkyl halides is 3. The third kappa shape index (κ3) is 8.58. The smallest absolute Gasteiger partial charge is 0.422 e. The predicted octanol–water partition coefficient (Wildman–Crippen LogP) is 3.29. The Morgan fingerprint density at radius 1 is 1.16 bits per heavy atom. The van der Waals surface area contributed by atoms with Crippen molar-refractivity contribution in [2.24, 2.45) is 0 Å². The minimum atomic E-state index is -4.42. The number of H-pyrrole nitrogens is 1. The van der Waals surface area contributed by atoms with Crippen LogP contribution in [0, 0.1) is 6.92 Å². The first-order chi connectivity index (χ1) is 14.7. The van der Waals surface area contributed by atoms with Gasteiger partial charge in [-0.2, -0.15) is 18.2 Å². The van der Waals surface area contributed by atoms with Gasteiger partial charge < -0.3 is 19.5 Å². The van der Waals surface area contributed by atoms with Crippen LogP contribution in [0.3, 0.4) is 0 Å². The molecule has 31 heavy (non-hydrogen) atoms. The molecule has 0 aliphatic rings. The van der Waals surface area contributed by atoms with Crippen molar-refractivity contribution < 1.29 is 32.7 Å². The molecule has 0 radical (unpaired) electrons. The van der Waals surface area contributed by atoms with Gasteiger partial charge in [0.15, 0.2) is 12.4 Å². The number of para-hydroxylation sites is 2. The third-order valence-corrected chi connectivity index (χ3v) is 4.76. The first-order valence-corrected chi connectivity index (χ1v) is 10.3. The normalized spacial score (nSPS) is 11.7. The Morgan fingerprint density at radius 3 is 2.39 bits per heavy atom. The minimum absolute atomic E-state index is 0.0227. The lowest BCUT2D eigenvalue weighted by molar-refractivity contribution is -0.153. The summed E-state index contributed by atoms with van der Waals surface area (Å²) in [7, 11) is 0. The second-order valence-electron chi connectivity index (χ2n) is 5.78. The number of aliphatic hydroxyl groups is 2. The highest BCUT2D eigenvalue weighted by Crippen LogP contribution is 2.25. The van der Waals surface area contributed by atoms with Crippen LogP contribution in [0.1, 0.15) is 11.3 Å². The number of aliphatic hydroxyl groups excluding tert-OH is 2. The van der Waals surface area contributed by atoms with Crippen LogP contribution in [0.15, 0.2) is 54.8 Å². The Labute approximate surface area is 180 Å². The zero-order chi connectivity index (χ0) is 23.4. The van der Waals surface area contributed by atoms with Gasteiger partial charge in [-0.05, 0) is 25.1 Å². The lowest BCUT2D eigenvalue weighted by Gasteiger charge is -2.14. The molecule has 11 heteroatoms. The number of halogens is 3. The van der Waals surface area contributed by atoms with E-state index in [1.807, 2.05) is 18.2 Å². The van der Waals surface area contributed by atoms with Crippen LogP contribution in [0.5, 0.6) is 5.75 Å². The van der Waals surface area contributed by atoms with Gasteiger partial charge in [0.1, 0.15) is 5.75 Å². The van der Waals surface area contributed by atoms with E-state index in [2.05, 4.69) is 28.1 Å². The fourth-order valence-corrected chi connectivity index (χ4v) is 3.35. The minimum Gasteiger partial charge on any atom is -0.609 e. The van der Waals surface area contributed by atoms with E-state index in [1.165, 1.54) is 12.3 Å². The van der Waals surface area contributed by atoms with Gasteiger partial charge in [-0.1, -0.05) is 12.1 Å². The average molecular weight is 459 g/mol. The Morgan fingerprint density at radius 2 is 1.81 bits per heavy atom. The van der Waals surface area contributed by atoms with Crippen molar-refractivity contribution >= 4 is 22.2 Å². The van der Waals surface area contributed by atoms with Crippen LogP contribution in [-0.2, 0) is 16.9 Å².